The molecule has 0 unspecified atom stereocenters. The number of aliphatic hydroxyl groups excluding tert-OH is 1. The number of anilines is 3. The average Bonchev–Trinajstić information content (AvgIpc) is 3.09. The lowest BCUT2D eigenvalue weighted by atomic mass is 10.0. The van der Waals surface area contributed by atoms with E-state index in [1.165, 1.54) is 43.2 Å². The standard InChI is InChI=1S/C39H39NO4S/c41-29-32-19-17-30(18-20-32)11-5-3-1-2-4-6-12-31-21-25-34(26-22-31)45(42,43)35-27-23-33(24-28-35)40-36-13-7-9-15-38(36)44-39-16-10-8-14-37(39)40/h7-10,13-28,41H,1-6,11-12,29H2. The summed E-state index contributed by atoms with van der Waals surface area (Å²) in [6.07, 6.45) is 9.17. The maximum Gasteiger partial charge on any atom is 0.206 e. The van der Waals surface area contributed by atoms with Crippen molar-refractivity contribution >= 4 is 26.9 Å². The van der Waals surface area contributed by atoms with Gasteiger partial charge in [-0.15, -0.1) is 0 Å². The molecule has 5 aromatic rings. The Morgan fingerprint density at radius 3 is 1.44 bits per heavy atom. The van der Waals surface area contributed by atoms with Gasteiger partial charge in [0, 0.05) is 5.69 Å². The van der Waals surface area contributed by atoms with Gasteiger partial charge < -0.3 is 14.7 Å². The normalized spacial score (nSPS) is 12.3. The first-order valence-corrected chi connectivity index (χ1v) is 17.3. The topological polar surface area (TPSA) is 66.8 Å². The van der Waals surface area contributed by atoms with Gasteiger partial charge in [-0.1, -0.05) is 86.3 Å². The second kappa shape index (κ2) is 14.1. The number of benzene rings is 5. The molecule has 0 aliphatic carbocycles. The first-order chi connectivity index (χ1) is 22.0. The van der Waals surface area contributed by atoms with Crippen LogP contribution in [0.4, 0.5) is 17.1 Å². The minimum Gasteiger partial charge on any atom is -0.453 e. The molecule has 0 fully saturated rings. The molecule has 6 heteroatoms. The van der Waals surface area contributed by atoms with Crippen molar-refractivity contribution in [1.29, 1.82) is 0 Å². The van der Waals surface area contributed by atoms with Gasteiger partial charge in [-0.25, -0.2) is 8.42 Å². The number of aliphatic hydroxyl groups is 1. The van der Waals surface area contributed by atoms with Gasteiger partial charge in [0.1, 0.15) is 0 Å². The minimum absolute atomic E-state index is 0.0981. The maximum absolute atomic E-state index is 13.5. The number of fused-ring (bicyclic) bond motifs is 2. The van der Waals surface area contributed by atoms with E-state index >= 15 is 0 Å². The average molecular weight is 618 g/mol. The Morgan fingerprint density at radius 1 is 0.511 bits per heavy atom. The molecular formula is C39H39NO4S. The summed E-state index contributed by atoms with van der Waals surface area (Å²) in [5.41, 5.74) is 6.14. The van der Waals surface area contributed by atoms with E-state index in [2.05, 4.69) is 17.0 Å². The summed E-state index contributed by atoms with van der Waals surface area (Å²) in [4.78, 5) is 2.68. The summed E-state index contributed by atoms with van der Waals surface area (Å²) >= 11 is 0. The number of aryl methyl sites for hydroxylation is 2. The molecule has 0 bridgehead atoms. The highest BCUT2D eigenvalue weighted by atomic mass is 32.2. The van der Waals surface area contributed by atoms with Crippen LogP contribution in [0.2, 0.25) is 0 Å². The van der Waals surface area contributed by atoms with Crippen LogP contribution in [0.1, 0.15) is 55.2 Å². The van der Waals surface area contributed by atoms with Crippen LogP contribution in [0.3, 0.4) is 0 Å². The van der Waals surface area contributed by atoms with Gasteiger partial charge in [0.15, 0.2) is 11.5 Å². The summed E-state index contributed by atoms with van der Waals surface area (Å²) in [6.45, 7) is 0.0981. The van der Waals surface area contributed by atoms with E-state index in [1.807, 2.05) is 84.9 Å². The molecule has 0 atom stereocenters. The van der Waals surface area contributed by atoms with Gasteiger partial charge in [-0.05, 0) is 103 Å². The van der Waals surface area contributed by atoms with Gasteiger partial charge in [-0.2, -0.15) is 0 Å². The highest BCUT2D eigenvalue weighted by Crippen LogP contribution is 2.50. The van der Waals surface area contributed by atoms with E-state index < -0.39 is 9.84 Å². The van der Waals surface area contributed by atoms with Gasteiger partial charge in [-0.3, -0.25) is 0 Å². The number of ether oxygens (including phenoxy) is 1. The van der Waals surface area contributed by atoms with E-state index in [9.17, 15) is 8.42 Å². The second-order valence-corrected chi connectivity index (χ2v) is 13.6. The molecule has 45 heavy (non-hydrogen) atoms. The lowest BCUT2D eigenvalue weighted by molar-refractivity contribution is 0.282. The molecule has 1 N–H and O–H groups in total. The first kappa shape index (κ1) is 30.6. The van der Waals surface area contributed by atoms with Crippen molar-refractivity contribution in [2.24, 2.45) is 0 Å². The van der Waals surface area contributed by atoms with E-state index in [4.69, 9.17) is 9.84 Å². The molecule has 0 spiro atoms. The summed E-state index contributed by atoms with van der Waals surface area (Å²) in [7, 11) is -3.64. The maximum atomic E-state index is 13.5. The quantitative estimate of drug-likeness (QED) is 0.131. The summed E-state index contributed by atoms with van der Waals surface area (Å²) < 4.78 is 33.1. The van der Waals surface area contributed by atoms with Crippen LogP contribution in [0.5, 0.6) is 11.5 Å². The Labute approximate surface area is 266 Å². The molecule has 1 aliphatic rings. The fourth-order valence-electron chi connectivity index (χ4n) is 5.91. The van der Waals surface area contributed by atoms with E-state index in [0.717, 1.165) is 53.4 Å². The predicted octanol–water partition coefficient (Wildman–Crippen LogP) is 9.71. The van der Waals surface area contributed by atoms with Crippen molar-refractivity contribution in [3.05, 3.63) is 138 Å². The first-order valence-electron chi connectivity index (χ1n) is 15.8. The molecule has 1 heterocycles. The van der Waals surface area contributed by atoms with Crippen LogP contribution in [0.15, 0.2) is 131 Å². The third kappa shape index (κ3) is 7.14. The van der Waals surface area contributed by atoms with Crippen LogP contribution in [0.25, 0.3) is 0 Å². The zero-order chi connectivity index (χ0) is 31.1. The number of unbranched alkanes of at least 4 members (excludes halogenated alkanes) is 5. The van der Waals surface area contributed by atoms with Crippen LogP contribution in [-0.2, 0) is 29.3 Å². The van der Waals surface area contributed by atoms with E-state index in [1.54, 1.807) is 24.3 Å². The van der Waals surface area contributed by atoms with Crippen molar-refractivity contribution < 1.29 is 18.3 Å². The Kier molecular flexibility index (Phi) is 9.63. The molecule has 0 amide bonds. The minimum atomic E-state index is -3.64. The van der Waals surface area contributed by atoms with Gasteiger partial charge in [0.05, 0.1) is 27.8 Å². The summed E-state index contributed by atoms with van der Waals surface area (Å²) in [5.74, 6) is 1.51. The van der Waals surface area contributed by atoms with Crippen molar-refractivity contribution in [1.82, 2.24) is 0 Å². The Hall–Kier alpha value is -4.39. The van der Waals surface area contributed by atoms with E-state index in [-0.39, 0.29) is 11.5 Å². The molecule has 5 aromatic carbocycles. The van der Waals surface area contributed by atoms with Crippen LogP contribution < -0.4 is 9.64 Å². The highest BCUT2D eigenvalue weighted by Gasteiger charge is 2.26. The molecule has 0 aromatic heterocycles. The Bertz CT molecular complexity index is 1770. The summed E-state index contributed by atoms with van der Waals surface area (Å²) in [5, 5.41) is 9.16. The number of nitrogens with zero attached hydrogens (tertiary/aromatic N) is 1. The lowest BCUT2D eigenvalue weighted by Crippen LogP contribution is -2.15. The molecule has 1 aliphatic heterocycles. The Balaban J connectivity index is 1.01. The molecule has 230 valence electrons. The smallest absolute Gasteiger partial charge is 0.206 e. The molecule has 0 radical (unpaired) electrons. The van der Waals surface area contributed by atoms with Gasteiger partial charge in [0.25, 0.3) is 0 Å². The predicted molar refractivity (Wildman–Crippen MR) is 181 cm³/mol. The number of hydrogen-bond acceptors (Lipinski definition) is 5. The third-order valence-corrected chi connectivity index (χ3v) is 10.2. The molecule has 0 saturated heterocycles. The molecule has 6 rings (SSSR count). The van der Waals surface area contributed by atoms with Crippen molar-refractivity contribution in [3.63, 3.8) is 0 Å². The van der Waals surface area contributed by atoms with Crippen molar-refractivity contribution in [2.75, 3.05) is 4.90 Å². The fraction of sp³-hybridized carbons (Fsp3) is 0.231. The monoisotopic (exact) mass is 617 g/mol. The van der Waals surface area contributed by atoms with Gasteiger partial charge >= 0.3 is 0 Å². The zero-order valence-electron chi connectivity index (χ0n) is 25.4. The Morgan fingerprint density at radius 2 is 0.933 bits per heavy atom. The van der Waals surface area contributed by atoms with Gasteiger partial charge in [0.2, 0.25) is 9.84 Å². The van der Waals surface area contributed by atoms with Crippen LogP contribution in [0, 0.1) is 0 Å². The third-order valence-electron chi connectivity index (χ3n) is 8.46. The summed E-state index contributed by atoms with van der Waals surface area (Å²) in [6, 6.07) is 38.4. The van der Waals surface area contributed by atoms with Crippen molar-refractivity contribution in [3.8, 4) is 11.5 Å². The lowest BCUT2D eigenvalue weighted by Gasteiger charge is -2.32. The van der Waals surface area contributed by atoms with Crippen LogP contribution >= 0.6 is 0 Å². The largest absolute Gasteiger partial charge is 0.453 e. The van der Waals surface area contributed by atoms with Crippen molar-refractivity contribution in [2.45, 2.75) is 67.8 Å². The highest BCUT2D eigenvalue weighted by molar-refractivity contribution is 7.91. The number of rotatable bonds is 13. The van der Waals surface area contributed by atoms with E-state index in [0.29, 0.717) is 4.90 Å². The molecule has 0 saturated carbocycles. The SMILES string of the molecule is O=S(=O)(c1ccc(CCCCCCCCc2ccc(CO)cc2)cc1)c1ccc(N2c3ccccc3Oc3ccccc32)cc1. The fourth-order valence-corrected chi connectivity index (χ4v) is 7.17. The number of hydrogen-bond donors (Lipinski definition) is 1. The number of para-hydroxylation sites is 4. The molecular weight excluding hydrogens is 578 g/mol. The zero-order valence-corrected chi connectivity index (χ0v) is 26.3. The number of sulfone groups is 1. The molecule has 5 nitrogen and oxygen atoms in total. The van der Waals surface area contributed by atoms with Crippen LogP contribution in [-0.4, -0.2) is 13.5 Å². The second-order valence-electron chi connectivity index (χ2n) is 11.6.